The standard InChI is InChI=1S/C21H18F3N3O3S.C15H14O4S/c1-13-3-5-15(6-4-13)16-7-17(9-18(8-16)31(2,29)30)19(28)25-10-14-11-26-20(27-12-14)21(22,23)24;1-10-3-5-11(6-4-10)12-7-13(15(16)17)9-14(8-12)20(2,18)19/h3-9,11-12H,10H2,1-2H3,(H,25,28);3-9H,1-2H3,(H,16,17). The first-order valence-electron chi connectivity index (χ1n) is 14.9. The van der Waals surface area contributed by atoms with Gasteiger partial charge in [0.05, 0.1) is 15.4 Å². The Labute approximate surface area is 292 Å². The SMILES string of the molecule is Cc1ccc(-c2cc(C(=O)NCc3cnc(C(F)(F)F)nc3)cc(S(C)(=O)=O)c2)cc1.Cc1ccc(-c2cc(C(=O)O)cc(S(C)(=O)=O)c2)cc1. The molecule has 5 aromatic rings. The van der Waals surface area contributed by atoms with E-state index >= 15 is 0 Å². The number of hydrogen-bond donors (Lipinski definition) is 2. The van der Waals surface area contributed by atoms with Crippen LogP contribution in [-0.4, -0.2) is 56.3 Å². The zero-order valence-corrected chi connectivity index (χ0v) is 29.3. The van der Waals surface area contributed by atoms with Crippen molar-refractivity contribution in [3.8, 4) is 22.3 Å². The summed E-state index contributed by atoms with van der Waals surface area (Å²) in [5, 5.41) is 11.6. The maximum atomic E-state index is 12.6. The second kappa shape index (κ2) is 15.2. The predicted octanol–water partition coefficient (Wildman–Crippen LogP) is 6.57. The summed E-state index contributed by atoms with van der Waals surface area (Å²) >= 11 is 0. The van der Waals surface area contributed by atoms with Crippen LogP contribution in [0.15, 0.2) is 107 Å². The molecule has 1 aromatic heterocycles. The molecule has 0 saturated heterocycles. The Kier molecular flexibility index (Phi) is 11.5. The first-order chi connectivity index (χ1) is 23.7. The molecule has 0 bridgehead atoms. The van der Waals surface area contributed by atoms with E-state index in [1.54, 1.807) is 6.07 Å². The van der Waals surface area contributed by atoms with Gasteiger partial charge in [0.2, 0.25) is 5.82 Å². The minimum absolute atomic E-state index is 0.00738. The summed E-state index contributed by atoms with van der Waals surface area (Å²) in [6.07, 6.45) is -0.600. The molecule has 0 aliphatic carbocycles. The predicted molar refractivity (Wildman–Crippen MR) is 185 cm³/mol. The average molecular weight is 740 g/mol. The van der Waals surface area contributed by atoms with Crippen molar-refractivity contribution in [1.82, 2.24) is 15.3 Å². The number of nitrogens with zero attached hydrogens (tertiary/aromatic N) is 2. The van der Waals surface area contributed by atoms with Crippen LogP contribution in [0.25, 0.3) is 22.3 Å². The molecule has 0 saturated carbocycles. The molecule has 1 heterocycles. The zero-order valence-electron chi connectivity index (χ0n) is 27.7. The summed E-state index contributed by atoms with van der Waals surface area (Å²) in [6, 6.07) is 23.3. The van der Waals surface area contributed by atoms with E-state index in [2.05, 4.69) is 15.3 Å². The quantitative estimate of drug-likeness (QED) is 0.179. The Morgan fingerprint density at radius 2 is 1.08 bits per heavy atom. The van der Waals surface area contributed by atoms with E-state index < -0.39 is 43.6 Å². The van der Waals surface area contributed by atoms with Crippen molar-refractivity contribution in [3.63, 3.8) is 0 Å². The van der Waals surface area contributed by atoms with Gasteiger partial charge in [-0.05, 0) is 72.5 Å². The van der Waals surface area contributed by atoms with Crippen molar-refractivity contribution in [1.29, 1.82) is 0 Å². The molecule has 2 N–H and O–H groups in total. The highest BCUT2D eigenvalue weighted by Gasteiger charge is 2.34. The normalized spacial score (nSPS) is 11.7. The summed E-state index contributed by atoms with van der Waals surface area (Å²) in [6.45, 7) is 3.74. The molecule has 0 fully saturated rings. The van der Waals surface area contributed by atoms with Crippen LogP contribution in [0.5, 0.6) is 0 Å². The maximum absolute atomic E-state index is 12.6. The van der Waals surface area contributed by atoms with Crippen LogP contribution in [-0.2, 0) is 32.4 Å². The molecule has 0 radical (unpaired) electrons. The molecule has 0 spiro atoms. The third-order valence-electron chi connectivity index (χ3n) is 7.36. The number of carboxylic acids is 1. The van der Waals surface area contributed by atoms with E-state index in [0.29, 0.717) is 11.1 Å². The average Bonchev–Trinajstić information content (AvgIpc) is 3.06. The van der Waals surface area contributed by atoms with Gasteiger partial charge in [0.1, 0.15) is 0 Å². The molecular weight excluding hydrogens is 708 g/mol. The van der Waals surface area contributed by atoms with Gasteiger partial charge in [-0.3, -0.25) is 4.79 Å². The largest absolute Gasteiger partial charge is 0.478 e. The molecule has 266 valence electrons. The first-order valence-corrected chi connectivity index (χ1v) is 18.7. The molecule has 10 nitrogen and oxygen atoms in total. The van der Waals surface area contributed by atoms with E-state index in [0.717, 1.165) is 47.2 Å². The number of alkyl halides is 3. The number of carbonyl (C=O) groups is 2. The number of rotatable bonds is 8. The fraction of sp³-hybridized carbons (Fsp3) is 0.167. The molecular formula is C36H32F3N3O7S2. The molecule has 5 rings (SSSR count). The van der Waals surface area contributed by atoms with Gasteiger partial charge in [0, 0.05) is 42.6 Å². The van der Waals surface area contributed by atoms with E-state index in [9.17, 15) is 39.6 Å². The number of aryl methyl sites for hydroxylation is 2. The molecule has 1 amide bonds. The highest BCUT2D eigenvalue weighted by molar-refractivity contribution is 7.91. The number of hydrogen-bond acceptors (Lipinski definition) is 8. The number of carbonyl (C=O) groups excluding carboxylic acids is 1. The topological polar surface area (TPSA) is 160 Å². The Bertz CT molecular complexity index is 2290. The molecule has 4 aromatic carbocycles. The van der Waals surface area contributed by atoms with Gasteiger partial charge in [-0.2, -0.15) is 13.2 Å². The lowest BCUT2D eigenvalue weighted by Gasteiger charge is -2.11. The lowest BCUT2D eigenvalue weighted by atomic mass is 10.0. The van der Waals surface area contributed by atoms with Gasteiger partial charge in [0.25, 0.3) is 5.91 Å². The highest BCUT2D eigenvalue weighted by Crippen LogP contribution is 2.28. The third kappa shape index (κ3) is 10.5. The minimum Gasteiger partial charge on any atom is -0.478 e. The van der Waals surface area contributed by atoms with E-state index in [-0.39, 0.29) is 33.0 Å². The summed E-state index contributed by atoms with van der Waals surface area (Å²) in [7, 11) is -7.05. The number of benzene rings is 4. The number of nitrogens with one attached hydrogen (secondary N) is 1. The van der Waals surface area contributed by atoms with Crippen molar-refractivity contribution in [2.45, 2.75) is 36.4 Å². The molecule has 15 heteroatoms. The molecule has 0 aliphatic heterocycles. The lowest BCUT2D eigenvalue weighted by Crippen LogP contribution is -2.23. The lowest BCUT2D eigenvalue weighted by molar-refractivity contribution is -0.145. The van der Waals surface area contributed by atoms with Gasteiger partial charge in [-0.15, -0.1) is 0 Å². The maximum Gasteiger partial charge on any atom is 0.451 e. The van der Waals surface area contributed by atoms with E-state index in [4.69, 9.17) is 5.11 Å². The summed E-state index contributed by atoms with van der Waals surface area (Å²) in [5.41, 5.74) is 5.07. The van der Waals surface area contributed by atoms with Gasteiger partial charge in [0.15, 0.2) is 19.7 Å². The summed E-state index contributed by atoms with van der Waals surface area (Å²) < 4.78 is 85.1. The number of carboxylic acid groups (broad SMARTS) is 1. The van der Waals surface area contributed by atoms with Gasteiger partial charge >= 0.3 is 12.1 Å². The number of aromatic nitrogens is 2. The number of halogens is 3. The van der Waals surface area contributed by atoms with Crippen LogP contribution < -0.4 is 5.32 Å². The van der Waals surface area contributed by atoms with Crippen molar-refractivity contribution < 1.29 is 44.7 Å². The Morgan fingerprint density at radius 3 is 1.47 bits per heavy atom. The summed E-state index contributed by atoms with van der Waals surface area (Å²) in [4.78, 5) is 30.2. The third-order valence-corrected chi connectivity index (χ3v) is 9.54. The number of aromatic carboxylic acids is 1. The van der Waals surface area contributed by atoms with Crippen molar-refractivity contribution >= 4 is 31.6 Å². The zero-order chi connectivity index (χ0) is 37.7. The number of amides is 1. The van der Waals surface area contributed by atoms with E-state index in [1.165, 1.54) is 30.3 Å². The number of sulfone groups is 2. The molecule has 0 aliphatic rings. The van der Waals surface area contributed by atoms with Gasteiger partial charge in [-0.25, -0.2) is 31.6 Å². The Morgan fingerprint density at radius 1 is 0.667 bits per heavy atom. The summed E-state index contributed by atoms with van der Waals surface area (Å²) in [5.74, 6) is -3.01. The Balaban J connectivity index is 0.000000251. The first kappa shape index (κ1) is 38.4. The van der Waals surface area contributed by atoms with Crippen LogP contribution in [0.3, 0.4) is 0 Å². The fourth-order valence-electron chi connectivity index (χ4n) is 4.58. The molecule has 0 unspecified atom stereocenters. The second-order valence-corrected chi connectivity index (χ2v) is 15.7. The van der Waals surface area contributed by atoms with Crippen molar-refractivity contribution in [2.24, 2.45) is 0 Å². The smallest absolute Gasteiger partial charge is 0.451 e. The van der Waals surface area contributed by atoms with Crippen molar-refractivity contribution in [3.05, 3.63) is 131 Å². The molecule has 0 atom stereocenters. The Hall–Kier alpha value is -5.41. The van der Waals surface area contributed by atoms with Crippen molar-refractivity contribution in [2.75, 3.05) is 12.5 Å². The monoisotopic (exact) mass is 739 g/mol. The van der Waals surface area contributed by atoms with Gasteiger partial charge < -0.3 is 10.4 Å². The fourth-order valence-corrected chi connectivity index (χ4v) is 5.95. The minimum atomic E-state index is -4.65. The van der Waals surface area contributed by atoms with Crippen LogP contribution in [0.1, 0.15) is 43.2 Å². The van der Waals surface area contributed by atoms with E-state index in [1.807, 2.05) is 62.4 Å². The van der Waals surface area contributed by atoms with Gasteiger partial charge in [-0.1, -0.05) is 59.7 Å². The molecule has 51 heavy (non-hydrogen) atoms. The van der Waals surface area contributed by atoms with Crippen LogP contribution >= 0.6 is 0 Å². The second-order valence-electron chi connectivity index (χ2n) is 11.7. The van der Waals surface area contributed by atoms with Crippen LogP contribution in [0.4, 0.5) is 13.2 Å². The highest BCUT2D eigenvalue weighted by atomic mass is 32.2. The van der Waals surface area contributed by atoms with Crippen LogP contribution in [0, 0.1) is 13.8 Å². The van der Waals surface area contributed by atoms with Crippen LogP contribution in [0.2, 0.25) is 0 Å².